The minimum absolute atomic E-state index is 0.0113. The van der Waals surface area contributed by atoms with Crippen molar-refractivity contribution in [2.75, 3.05) is 0 Å². The highest BCUT2D eigenvalue weighted by molar-refractivity contribution is 5.72. The molecule has 0 aromatic rings. The Balaban J connectivity index is 3.90. The molecule has 0 bridgehead atoms. The molecule has 0 fully saturated rings. The van der Waals surface area contributed by atoms with E-state index in [4.69, 9.17) is 20.4 Å². The minimum atomic E-state index is -1.54. The molecule has 0 aliphatic carbocycles. The van der Waals surface area contributed by atoms with Gasteiger partial charge < -0.3 is 20.4 Å². The predicted molar refractivity (Wildman–Crippen MR) is 45.5 cm³/mol. The molecular weight excluding hydrogens is 192 g/mol. The molecule has 0 saturated heterocycles. The fraction of sp³-hybridized carbons (Fsp3) is 0.750. The van der Waals surface area contributed by atoms with Crippen LogP contribution in [0.2, 0.25) is 0 Å². The Hall–Kier alpha value is -1.14. The number of hydrogen-bond donors (Lipinski definition) is 4. The fourth-order valence-electron chi connectivity index (χ4n) is 1.04. The summed E-state index contributed by atoms with van der Waals surface area (Å²) < 4.78 is 0. The number of hydrogen-bond acceptors (Lipinski definition) is 4. The van der Waals surface area contributed by atoms with Gasteiger partial charge in [0.1, 0.15) is 0 Å². The van der Waals surface area contributed by atoms with Crippen LogP contribution in [0.4, 0.5) is 0 Å². The lowest BCUT2D eigenvalue weighted by molar-refractivity contribution is -0.143. The molecule has 0 amide bonds. The zero-order valence-corrected chi connectivity index (χ0v) is 7.59. The summed E-state index contributed by atoms with van der Waals surface area (Å²) in [6, 6.07) is 0. The van der Waals surface area contributed by atoms with E-state index in [-0.39, 0.29) is 25.7 Å². The van der Waals surface area contributed by atoms with Crippen LogP contribution in [0.5, 0.6) is 0 Å². The van der Waals surface area contributed by atoms with E-state index >= 15 is 0 Å². The van der Waals surface area contributed by atoms with Crippen LogP contribution in [0, 0.1) is 5.92 Å². The minimum Gasteiger partial charge on any atom is -0.481 e. The average molecular weight is 206 g/mol. The lowest BCUT2D eigenvalue weighted by Gasteiger charge is -2.11. The van der Waals surface area contributed by atoms with E-state index in [1.54, 1.807) is 0 Å². The lowest BCUT2D eigenvalue weighted by Crippen LogP contribution is -2.17. The van der Waals surface area contributed by atoms with E-state index in [0.29, 0.717) is 0 Å². The van der Waals surface area contributed by atoms with Gasteiger partial charge in [-0.05, 0) is 19.3 Å². The van der Waals surface area contributed by atoms with E-state index in [9.17, 15) is 9.59 Å². The van der Waals surface area contributed by atoms with Crippen LogP contribution in [0.3, 0.4) is 0 Å². The van der Waals surface area contributed by atoms with Gasteiger partial charge in [-0.2, -0.15) is 0 Å². The molecule has 0 spiro atoms. The van der Waals surface area contributed by atoms with Crippen molar-refractivity contribution in [3.05, 3.63) is 0 Å². The largest absolute Gasteiger partial charge is 0.481 e. The van der Waals surface area contributed by atoms with Gasteiger partial charge in [-0.3, -0.25) is 9.59 Å². The molecule has 0 aliphatic rings. The third-order valence-electron chi connectivity index (χ3n) is 1.83. The number of rotatable bonds is 7. The number of aliphatic hydroxyl groups is 2. The summed E-state index contributed by atoms with van der Waals surface area (Å²) in [6.07, 6.45) is -1.74. The number of aliphatic carboxylic acids is 2. The van der Waals surface area contributed by atoms with E-state index in [1.807, 2.05) is 0 Å². The molecular formula is C8H14O6. The molecule has 1 unspecified atom stereocenters. The Morgan fingerprint density at radius 3 is 1.93 bits per heavy atom. The Labute approximate surface area is 80.8 Å². The Morgan fingerprint density at radius 1 is 1.00 bits per heavy atom. The van der Waals surface area contributed by atoms with Crippen molar-refractivity contribution in [1.29, 1.82) is 0 Å². The van der Waals surface area contributed by atoms with E-state index in [1.165, 1.54) is 0 Å². The van der Waals surface area contributed by atoms with E-state index in [2.05, 4.69) is 0 Å². The Morgan fingerprint density at radius 2 is 1.57 bits per heavy atom. The van der Waals surface area contributed by atoms with Crippen LogP contribution in [0.1, 0.15) is 25.7 Å². The topological polar surface area (TPSA) is 115 Å². The predicted octanol–water partition coefficient (Wildman–Crippen LogP) is -0.357. The van der Waals surface area contributed by atoms with Gasteiger partial charge in [-0.25, -0.2) is 0 Å². The first kappa shape index (κ1) is 12.9. The zero-order valence-electron chi connectivity index (χ0n) is 7.59. The van der Waals surface area contributed by atoms with Crippen molar-refractivity contribution in [3.63, 3.8) is 0 Å². The molecule has 0 rings (SSSR count). The van der Waals surface area contributed by atoms with Crippen LogP contribution < -0.4 is 0 Å². The molecule has 1 atom stereocenters. The molecule has 0 aromatic carbocycles. The third-order valence-corrected chi connectivity index (χ3v) is 1.83. The molecule has 6 nitrogen and oxygen atoms in total. The molecule has 0 heterocycles. The number of aliphatic hydroxyl groups excluding tert-OH is 1. The zero-order chi connectivity index (χ0) is 11.1. The number of carbonyl (C=O) groups is 2. The standard InChI is InChI=1S/C8H14O6/c9-6(10)3-1-5(8(13)14)2-4-7(11)12/h5-6,9-10H,1-4H2,(H,11,12)(H,13,14). The smallest absolute Gasteiger partial charge is 0.306 e. The van der Waals surface area contributed by atoms with Crippen molar-refractivity contribution in [2.45, 2.75) is 32.0 Å². The first-order chi connectivity index (χ1) is 6.43. The molecule has 0 aliphatic heterocycles. The molecule has 14 heavy (non-hydrogen) atoms. The summed E-state index contributed by atoms with van der Waals surface area (Å²) in [7, 11) is 0. The van der Waals surface area contributed by atoms with E-state index in [0.717, 1.165) is 0 Å². The summed E-state index contributed by atoms with van der Waals surface area (Å²) >= 11 is 0. The van der Waals surface area contributed by atoms with Crippen LogP contribution in [-0.2, 0) is 9.59 Å². The first-order valence-electron chi connectivity index (χ1n) is 4.24. The SMILES string of the molecule is O=C(O)CCC(CCC(O)O)C(=O)O. The molecule has 0 radical (unpaired) electrons. The van der Waals surface area contributed by atoms with Gasteiger partial charge in [0.25, 0.3) is 0 Å². The number of carboxylic acid groups (broad SMARTS) is 2. The average Bonchev–Trinajstić information content (AvgIpc) is 2.02. The van der Waals surface area contributed by atoms with Crippen LogP contribution in [-0.4, -0.2) is 38.7 Å². The lowest BCUT2D eigenvalue weighted by atomic mass is 9.98. The molecule has 6 heteroatoms. The maximum absolute atomic E-state index is 10.6. The highest BCUT2D eigenvalue weighted by Gasteiger charge is 2.19. The van der Waals surface area contributed by atoms with Gasteiger partial charge in [0, 0.05) is 6.42 Å². The van der Waals surface area contributed by atoms with Gasteiger partial charge >= 0.3 is 11.9 Å². The number of carboxylic acids is 2. The second kappa shape index (κ2) is 6.33. The molecule has 0 aromatic heterocycles. The van der Waals surface area contributed by atoms with E-state index < -0.39 is 24.1 Å². The van der Waals surface area contributed by atoms with Crippen molar-refractivity contribution >= 4 is 11.9 Å². The van der Waals surface area contributed by atoms with Gasteiger partial charge in [0.2, 0.25) is 0 Å². The van der Waals surface area contributed by atoms with Gasteiger partial charge in [-0.15, -0.1) is 0 Å². The highest BCUT2D eigenvalue weighted by atomic mass is 16.5. The normalized spacial score (nSPS) is 12.8. The highest BCUT2D eigenvalue weighted by Crippen LogP contribution is 2.14. The summed E-state index contributed by atoms with van der Waals surface area (Å²) in [5.74, 6) is -2.99. The molecule has 82 valence electrons. The Bertz CT molecular complexity index is 200. The van der Waals surface area contributed by atoms with Crippen molar-refractivity contribution in [1.82, 2.24) is 0 Å². The second-order valence-electron chi connectivity index (χ2n) is 3.03. The Kier molecular flexibility index (Phi) is 5.82. The molecule has 4 N–H and O–H groups in total. The third kappa shape index (κ3) is 6.38. The van der Waals surface area contributed by atoms with Gasteiger partial charge in [-0.1, -0.05) is 0 Å². The fourth-order valence-corrected chi connectivity index (χ4v) is 1.04. The maximum Gasteiger partial charge on any atom is 0.306 e. The van der Waals surface area contributed by atoms with Crippen LogP contribution >= 0.6 is 0 Å². The monoisotopic (exact) mass is 206 g/mol. The summed E-state index contributed by atoms with van der Waals surface area (Å²) in [4.78, 5) is 20.7. The van der Waals surface area contributed by atoms with Crippen LogP contribution in [0.25, 0.3) is 0 Å². The first-order valence-corrected chi connectivity index (χ1v) is 4.24. The summed E-state index contributed by atoms with van der Waals surface area (Å²) in [5, 5.41) is 34.0. The maximum atomic E-state index is 10.6. The quantitative estimate of drug-likeness (QED) is 0.423. The van der Waals surface area contributed by atoms with Crippen LogP contribution in [0.15, 0.2) is 0 Å². The summed E-state index contributed by atoms with van der Waals surface area (Å²) in [6.45, 7) is 0. The van der Waals surface area contributed by atoms with Crippen molar-refractivity contribution in [2.24, 2.45) is 5.92 Å². The van der Waals surface area contributed by atoms with Crippen molar-refractivity contribution < 1.29 is 30.0 Å². The molecule has 0 saturated carbocycles. The van der Waals surface area contributed by atoms with Gasteiger partial charge in [0.15, 0.2) is 6.29 Å². The summed E-state index contributed by atoms with van der Waals surface area (Å²) in [5.41, 5.74) is 0. The second-order valence-corrected chi connectivity index (χ2v) is 3.03. The van der Waals surface area contributed by atoms with Gasteiger partial charge in [0.05, 0.1) is 5.92 Å². The van der Waals surface area contributed by atoms with Crippen molar-refractivity contribution in [3.8, 4) is 0 Å².